The number of rotatable bonds is 3. The number of amides is 1. The van der Waals surface area contributed by atoms with E-state index in [0.29, 0.717) is 12.1 Å². The number of carbonyl (C=O) groups is 2. The van der Waals surface area contributed by atoms with Crippen molar-refractivity contribution in [3.63, 3.8) is 0 Å². The molecular formula is C15H11F3N2O4. The zero-order valence-electron chi connectivity index (χ0n) is 12.2. The van der Waals surface area contributed by atoms with Crippen LogP contribution in [0, 0.1) is 0 Å². The van der Waals surface area contributed by atoms with Crippen molar-refractivity contribution < 1.29 is 27.5 Å². The molecule has 0 bridgehead atoms. The minimum Gasteiger partial charge on any atom is -0.465 e. The molecule has 2 N–H and O–H groups in total. The van der Waals surface area contributed by atoms with Crippen LogP contribution in [0.1, 0.15) is 26.3 Å². The Hall–Kier alpha value is -3.10. The zero-order chi connectivity index (χ0) is 17.9. The molecule has 6 nitrogen and oxygen atoms in total. The molecule has 2 aromatic rings. The summed E-state index contributed by atoms with van der Waals surface area (Å²) in [4.78, 5) is 36.7. The molecule has 1 aromatic carbocycles. The first-order valence-corrected chi connectivity index (χ1v) is 6.51. The van der Waals surface area contributed by atoms with E-state index in [-0.39, 0.29) is 16.8 Å². The second kappa shape index (κ2) is 6.57. The summed E-state index contributed by atoms with van der Waals surface area (Å²) in [6.07, 6.45) is -3.59. The highest BCUT2D eigenvalue weighted by atomic mass is 19.4. The molecule has 1 heterocycles. The van der Waals surface area contributed by atoms with Gasteiger partial charge in [0.1, 0.15) is 0 Å². The number of hydrogen-bond acceptors (Lipinski definition) is 4. The molecule has 0 aliphatic rings. The van der Waals surface area contributed by atoms with Gasteiger partial charge in [-0.25, -0.2) is 4.79 Å². The van der Waals surface area contributed by atoms with E-state index in [1.807, 2.05) is 0 Å². The Balaban J connectivity index is 2.38. The predicted octanol–water partition coefficient (Wildman–Crippen LogP) is 2.43. The first-order valence-electron chi connectivity index (χ1n) is 6.51. The number of nitrogens with one attached hydrogen (secondary N) is 2. The molecule has 0 atom stereocenters. The first-order chi connectivity index (χ1) is 11.2. The van der Waals surface area contributed by atoms with Crippen molar-refractivity contribution in [1.29, 1.82) is 0 Å². The van der Waals surface area contributed by atoms with Crippen molar-refractivity contribution in [2.45, 2.75) is 6.18 Å². The molecule has 1 amide bonds. The molecule has 9 heteroatoms. The smallest absolute Gasteiger partial charge is 0.416 e. The van der Waals surface area contributed by atoms with Gasteiger partial charge in [0.15, 0.2) is 0 Å². The van der Waals surface area contributed by atoms with E-state index in [1.54, 1.807) is 0 Å². The Morgan fingerprint density at radius 2 is 1.83 bits per heavy atom. The molecule has 0 fully saturated rings. The number of halogens is 3. The summed E-state index contributed by atoms with van der Waals surface area (Å²) in [7, 11) is 1.03. The number of ether oxygens (including phenoxy) is 1. The van der Waals surface area contributed by atoms with Crippen molar-refractivity contribution in [2.75, 3.05) is 12.4 Å². The molecule has 0 spiro atoms. The molecule has 2 rings (SSSR count). The number of aromatic nitrogens is 1. The number of methoxy groups -OCH3 is 1. The van der Waals surface area contributed by atoms with Gasteiger partial charge in [-0.2, -0.15) is 13.2 Å². The summed E-state index contributed by atoms with van der Waals surface area (Å²) in [6, 6.07) is 4.69. The lowest BCUT2D eigenvalue weighted by Crippen LogP contribution is -2.16. The van der Waals surface area contributed by atoms with Crippen molar-refractivity contribution in [1.82, 2.24) is 4.98 Å². The van der Waals surface area contributed by atoms with E-state index in [2.05, 4.69) is 15.0 Å². The fraction of sp³-hybridized carbons (Fsp3) is 0.133. The lowest BCUT2D eigenvalue weighted by Gasteiger charge is -2.12. The van der Waals surface area contributed by atoms with Gasteiger partial charge in [-0.3, -0.25) is 9.59 Å². The quantitative estimate of drug-likeness (QED) is 0.840. The van der Waals surface area contributed by atoms with Crippen LogP contribution >= 0.6 is 0 Å². The second-order valence-corrected chi connectivity index (χ2v) is 4.68. The monoisotopic (exact) mass is 340 g/mol. The standard InChI is InChI=1S/C15H11F3N2O4/c1-24-14(23)9-4-10(15(16,17)18)6-11(5-9)20-13(22)8-2-3-12(21)19-7-8/h2-7H,1H3,(H,19,21)(H,20,22). The number of benzene rings is 1. The topological polar surface area (TPSA) is 88.3 Å². The third-order valence-corrected chi connectivity index (χ3v) is 2.99. The Kier molecular flexibility index (Phi) is 4.72. The Morgan fingerprint density at radius 3 is 2.38 bits per heavy atom. The van der Waals surface area contributed by atoms with E-state index >= 15 is 0 Å². The summed E-state index contributed by atoms with van der Waals surface area (Å²) < 4.78 is 43.1. The molecule has 126 valence electrons. The highest BCUT2D eigenvalue weighted by molar-refractivity contribution is 6.04. The van der Waals surface area contributed by atoms with Gasteiger partial charge in [-0.1, -0.05) is 0 Å². The molecule has 0 saturated heterocycles. The average molecular weight is 340 g/mol. The van der Waals surface area contributed by atoms with Crippen LogP contribution in [0.4, 0.5) is 18.9 Å². The van der Waals surface area contributed by atoms with Crippen molar-refractivity contribution in [2.24, 2.45) is 0 Å². The fourth-order valence-electron chi connectivity index (χ4n) is 1.85. The van der Waals surface area contributed by atoms with E-state index in [4.69, 9.17) is 0 Å². The molecule has 0 radical (unpaired) electrons. The molecule has 1 aromatic heterocycles. The van der Waals surface area contributed by atoms with Gasteiger partial charge in [0.05, 0.1) is 23.8 Å². The number of alkyl halides is 3. The van der Waals surface area contributed by atoms with E-state index in [0.717, 1.165) is 25.4 Å². The van der Waals surface area contributed by atoms with Crippen molar-refractivity contribution in [3.8, 4) is 0 Å². The molecular weight excluding hydrogens is 329 g/mol. The average Bonchev–Trinajstić information content (AvgIpc) is 2.53. The number of H-pyrrole nitrogens is 1. The Morgan fingerprint density at radius 1 is 1.12 bits per heavy atom. The van der Waals surface area contributed by atoms with Crippen LogP contribution < -0.4 is 10.9 Å². The number of pyridine rings is 1. The van der Waals surface area contributed by atoms with Crippen LogP contribution in [-0.4, -0.2) is 24.0 Å². The van der Waals surface area contributed by atoms with E-state index < -0.39 is 29.2 Å². The number of anilines is 1. The number of esters is 1. The molecule has 0 unspecified atom stereocenters. The lowest BCUT2D eigenvalue weighted by molar-refractivity contribution is -0.137. The maximum absolute atomic E-state index is 12.9. The summed E-state index contributed by atoms with van der Waals surface area (Å²) in [5, 5.41) is 2.24. The lowest BCUT2D eigenvalue weighted by atomic mass is 10.1. The van der Waals surface area contributed by atoms with Crippen LogP contribution in [-0.2, 0) is 10.9 Å². The molecule has 0 aliphatic heterocycles. The van der Waals surface area contributed by atoms with Gasteiger partial charge in [0.25, 0.3) is 5.91 Å². The maximum Gasteiger partial charge on any atom is 0.416 e. The third-order valence-electron chi connectivity index (χ3n) is 2.99. The molecule has 0 aliphatic carbocycles. The number of aromatic amines is 1. The van der Waals surface area contributed by atoms with Gasteiger partial charge in [0, 0.05) is 18.0 Å². The zero-order valence-corrected chi connectivity index (χ0v) is 12.2. The van der Waals surface area contributed by atoms with Gasteiger partial charge in [0.2, 0.25) is 5.56 Å². The van der Waals surface area contributed by atoms with E-state index in [1.165, 1.54) is 6.07 Å². The van der Waals surface area contributed by atoms with Crippen LogP contribution in [0.3, 0.4) is 0 Å². The van der Waals surface area contributed by atoms with Gasteiger partial charge < -0.3 is 15.0 Å². The highest BCUT2D eigenvalue weighted by Gasteiger charge is 2.32. The van der Waals surface area contributed by atoms with Crippen molar-refractivity contribution >= 4 is 17.6 Å². The Labute approximate surface area is 133 Å². The fourth-order valence-corrected chi connectivity index (χ4v) is 1.85. The van der Waals surface area contributed by atoms with E-state index in [9.17, 15) is 27.6 Å². The normalized spacial score (nSPS) is 11.0. The summed E-state index contributed by atoms with van der Waals surface area (Å²) in [5.74, 6) is -1.72. The van der Waals surface area contributed by atoms with Crippen LogP contribution in [0.15, 0.2) is 41.3 Å². The van der Waals surface area contributed by atoms with Crippen molar-refractivity contribution in [3.05, 3.63) is 63.6 Å². The second-order valence-electron chi connectivity index (χ2n) is 4.68. The minimum absolute atomic E-state index is 0.0339. The van der Waals surface area contributed by atoms with Crippen LogP contribution in [0.5, 0.6) is 0 Å². The van der Waals surface area contributed by atoms with Crippen LogP contribution in [0.2, 0.25) is 0 Å². The summed E-state index contributed by atoms with van der Waals surface area (Å²) in [5.41, 5.74) is -2.10. The predicted molar refractivity (Wildman–Crippen MR) is 77.8 cm³/mol. The summed E-state index contributed by atoms with van der Waals surface area (Å²) in [6.45, 7) is 0. The highest BCUT2D eigenvalue weighted by Crippen LogP contribution is 2.32. The largest absolute Gasteiger partial charge is 0.465 e. The SMILES string of the molecule is COC(=O)c1cc(NC(=O)c2ccc(=O)[nH]c2)cc(C(F)(F)F)c1. The van der Waals surface area contributed by atoms with Gasteiger partial charge in [-0.15, -0.1) is 0 Å². The number of hydrogen-bond donors (Lipinski definition) is 2. The third kappa shape index (κ3) is 4.00. The first kappa shape index (κ1) is 17.3. The number of carbonyl (C=O) groups excluding carboxylic acids is 2. The van der Waals surface area contributed by atoms with Crippen LogP contribution in [0.25, 0.3) is 0 Å². The van der Waals surface area contributed by atoms with Gasteiger partial charge in [-0.05, 0) is 24.3 Å². The molecule has 24 heavy (non-hydrogen) atoms. The summed E-state index contributed by atoms with van der Waals surface area (Å²) >= 11 is 0. The Bertz CT molecular complexity index is 823. The van der Waals surface area contributed by atoms with Gasteiger partial charge >= 0.3 is 12.1 Å². The molecule has 0 saturated carbocycles. The minimum atomic E-state index is -4.71. The maximum atomic E-state index is 12.9.